The third kappa shape index (κ3) is 3.90. The zero-order valence-corrected chi connectivity index (χ0v) is 13.2. The molecular weight excluding hydrogens is 312 g/mol. The second-order valence-electron chi connectivity index (χ2n) is 5.71. The van der Waals surface area contributed by atoms with Crippen LogP contribution in [0.15, 0.2) is 30.5 Å². The molecule has 128 valence electrons. The van der Waals surface area contributed by atoms with E-state index in [4.69, 9.17) is 15.2 Å². The van der Waals surface area contributed by atoms with Gasteiger partial charge in [0.2, 0.25) is 11.8 Å². The van der Waals surface area contributed by atoms with E-state index in [1.54, 1.807) is 10.9 Å². The number of rotatable bonds is 6. The molecule has 1 aliphatic heterocycles. The van der Waals surface area contributed by atoms with Crippen LogP contribution in [-0.4, -0.2) is 53.6 Å². The summed E-state index contributed by atoms with van der Waals surface area (Å²) in [7, 11) is 0. The summed E-state index contributed by atoms with van der Waals surface area (Å²) >= 11 is 0. The molecule has 3 N–H and O–H groups in total. The Morgan fingerprint density at radius 2 is 2.25 bits per heavy atom. The predicted octanol–water partition coefficient (Wildman–Crippen LogP) is -0.188. The Kier molecular flexibility index (Phi) is 5.07. The van der Waals surface area contributed by atoms with Crippen LogP contribution in [0.3, 0.4) is 0 Å². The van der Waals surface area contributed by atoms with Gasteiger partial charge in [0, 0.05) is 12.0 Å². The summed E-state index contributed by atoms with van der Waals surface area (Å²) in [5, 5.41) is 8.11. The third-order valence-electron chi connectivity index (χ3n) is 3.92. The number of carbonyl (C=O) groups excluding carboxylic acids is 2. The van der Waals surface area contributed by atoms with Gasteiger partial charge in [-0.15, -0.1) is 0 Å². The van der Waals surface area contributed by atoms with Crippen molar-refractivity contribution in [2.45, 2.75) is 25.1 Å². The van der Waals surface area contributed by atoms with Gasteiger partial charge in [-0.05, 0) is 12.5 Å². The molecule has 0 bridgehead atoms. The van der Waals surface area contributed by atoms with Gasteiger partial charge in [-0.1, -0.05) is 18.2 Å². The van der Waals surface area contributed by atoms with Gasteiger partial charge >= 0.3 is 0 Å². The van der Waals surface area contributed by atoms with Crippen LogP contribution in [0.5, 0.6) is 0 Å². The maximum Gasteiger partial charge on any atom is 0.243 e. The van der Waals surface area contributed by atoms with Crippen molar-refractivity contribution < 1.29 is 19.1 Å². The summed E-state index contributed by atoms with van der Waals surface area (Å²) in [5.74, 6) is -0.721. The van der Waals surface area contributed by atoms with E-state index in [9.17, 15) is 9.59 Å². The molecule has 1 fully saturated rings. The molecule has 3 rings (SSSR count). The van der Waals surface area contributed by atoms with E-state index >= 15 is 0 Å². The number of carbonyl (C=O) groups is 2. The fourth-order valence-corrected chi connectivity index (χ4v) is 2.78. The average Bonchev–Trinajstić information content (AvgIpc) is 2.97. The first-order valence-electron chi connectivity index (χ1n) is 7.81. The summed E-state index contributed by atoms with van der Waals surface area (Å²) in [6.07, 6.45) is 2.04. The van der Waals surface area contributed by atoms with Gasteiger partial charge in [0.1, 0.15) is 13.2 Å². The number of hydrogen-bond donors (Lipinski definition) is 2. The van der Waals surface area contributed by atoms with E-state index in [1.807, 2.05) is 24.3 Å². The monoisotopic (exact) mass is 332 g/mol. The van der Waals surface area contributed by atoms with Crippen LogP contribution in [0.25, 0.3) is 10.9 Å². The molecule has 2 amide bonds. The molecule has 2 atom stereocenters. The fourth-order valence-electron chi connectivity index (χ4n) is 2.78. The van der Waals surface area contributed by atoms with Crippen molar-refractivity contribution in [2.24, 2.45) is 5.73 Å². The standard InChI is InChI=1S/C16H20N4O4/c17-15(21)10-24-14-5-6-23-9-12(14)19-16(22)8-20-13-4-2-1-3-11(13)7-18-20/h1-4,7,12,14H,5-6,8-10H2,(H2,17,21)(H,19,22)/t12-,14+/m0/s1. The molecule has 1 aliphatic rings. The number of hydrogen-bond acceptors (Lipinski definition) is 5. The minimum atomic E-state index is -0.533. The number of ether oxygens (including phenoxy) is 2. The smallest absolute Gasteiger partial charge is 0.243 e. The molecular formula is C16H20N4O4. The van der Waals surface area contributed by atoms with Crippen LogP contribution in [0.4, 0.5) is 0 Å². The van der Waals surface area contributed by atoms with Crippen LogP contribution in [0.1, 0.15) is 6.42 Å². The van der Waals surface area contributed by atoms with Crippen molar-refractivity contribution in [1.82, 2.24) is 15.1 Å². The van der Waals surface area contributed by atoms with Crippen molar-refractivity contribution in [3.8, 4) is 0 Å². The van der Waals surface area contributed by atoms with Gasteiger partial charge < -0.3 is 20.5 Å². The lowest BCUT2D eigenvalue weighted by atomic mass is 10.1. The highest BCUT2D eigenvalue weighted by Gasteiger charge is 2.28. The van der Waals surface area contributed by atoms with Crippen molar-refractivity contribution in [1.29, 1.82) is 0 Å². The Labute approximate surface area is 138 Å². The highest BCUT2D eigenvalue weighted by Crippen LogP contribution is 2.14. The Balaban J connectivity index is 1.61. The van der Waals surface area contributed by atoms with E-state index < -0.39 is 5.91 Å². The van der Waals surface area contributed by atoms with Gasteiger partial charge in [-0.25, -0.2) is 0 Å². The highest BCUT2D eigenvalue weighted by atomic mass is 16.5. The lowest BCUT2D eigenvalue weighted by Crippen LogP contribution is -2.51. The second kappa shape index (κ2) is 7.41. The lowest BCUT2D eigenvalue weighted by Gasteiger charge is -2.31. The zero-order valence-electron chi connectivity index (χ0n) is 13.2. The molecule has 0 unspecified atom stereocenters. The second-order valence-corrected chi connectivity index (χ2v) is 5.71. The summed E-state index contributed by atoms with van der Waals surface area (Å²) in [5.41, 5.74) is 6.00. The number of nitrogens with zero attached hydrogens (tertiary/aromatic N) is 2. The number of amides is 2. The van der Waals surface area contributed by atoms with Crippen molar-refractivity contribution in [3.63, 3.8) is 0 Å². The third-order valence-corrected chi connectivity index (χ3v) is 3.92. The largest absolute Gasteiger partial charge is 0.379 e. The van der Waals surface area contributed by atoms with E-state index in [-0.39, 0.29) is 31.2 Å². The van der Waals surface area contributed by atoms with E-state index in [2.05, 4.69) is 10.4 Å². The Hall–Kier alpha value is -2.45. The van der Waals surface area contributed by atoms with E-state index in [0.29, 0.717) is 19.6 Å². The molecule has 2 aromatic rings. The number of nitrogens with two attached hydrogens (primary N) is 1. The first-order valence-corrected chi connectivity index (χ1v) is 7.81. The first-order chi connectivity index (χ1) is 11.6. The van der Waals surface area contributed by atoms with E-state index in [0.717, 1.165) is 10.9 Å². The summed E-state index contributed by atoms with van der Waals surface area (Å²) in [6, 6.07) is 7.38. The fraction of sp³-hybridized carbons (Fsp3) is 0.438. The highest BCUT2D eigenvalue weighted by molar-refractivity contribution is 5.82. The molecule has 1 aromatic carbocycles. The van der Waals surface area contributed by atoms with Crippen molar-refractivity contribution in [3.05, 3.63) is 30.5 Å². The van der Waals surface area contributed by atoms with Crippen LogP contribution < -0.4 is 11.1 Å². The molecule has 0 spiro atoms. The number of benzene rings is 1. The number of primary amides is 1. The van der Waals surface area contributed by atoms with Crippen LogP contribution in [0, 0.1) is 0 Å². The number of nitrogens with one attached hydrogen (secondary N) is 1. The molecule has 0 radical (unpaired) electrons. The number of fused-ring (bicyclic) bond motifs is 1. The first kappa shape index (κ1) is 16.4. The maximum absolute atomic E-state index is 12.3. The lowest BCUT2D eigenvalue weighted by molar-refractivity contribution is -0.131. The molecule has 1 aromatic heterocycles. The molecule has 0 saturated carbocycles. The van der Waals surface area contributed by atoms with Gasteiger partial charge in [0.25, 0.3) is 0 Å². The number of para-hydroxylation sites is 1. The average molecular weight is 332 g/mol. The molecule has 8 nitrogen and oxygen atoms in total. The normalized spacial score (nSPS) is 20.8. The minimum absolute atomic E-state index is 0.104. The minimum Gasteiger partial charge on any atom is -0.379 e. The Bertz CT molecular complexity index is 730. The molecule has 1 saturated heterocycles. The van der Waals surface area contributed by atoms with Gasteiger partial charge in [-0.3, -0.25) is 14.3 Å². The van der Waals surface area contributed by atoms with Gasteiger partial charge in [-0.2, -0.15) is 5.10 Å². The van der Waals surface area contributed by atoms with Crippen LogP contribution in [0.2, 0.25) is 0 Å². The maximum atomic E-state index is 12.3. The molecule has 24 heavy (non-hydrogen) atoms. The van der Waals surface area contributed by atoms with Gasteiger partial charge in [0.15, 0.2) is 0 Å². The molecule has 2 heterocycles. The van der Waals surface area contributed by atoms with Crippen LogP contribution in [-0.2, 0) is 25.6 Å². The molecule has 0 aliphatic carbocycles. The quantitative estimate of drug-likeness (QED) is 0.762. The van der Waals surface area contributed by atoms with Crippen molar-refractivity contribution >= 4 is 22.7 Å². The Morgan fingerprint density at radius 3 is 3.08 bits per heavy atom. The predicted molar refractivity (Wildman–Crippen MR) is 86.0 cm³/mol. The Morgan fingerprint density at radius 1 is 1.42 bits per heavy atom. The zero-order chi connectivity index (χ0) is 16.9. The molecule has 8 heteroatoms. The van der Waals surface area contributed by atoms with E-state index in [1.165, 1.54) is 0 Å². The van der Waals surface area contributed by atoms with Gasteiger partial charge in [0.05, 0.1) is 30.5 Å². The summed E-state index contributed by atoms with van der Waals surface area (Å²) in [6.45, 7) is 0.808. The topological polar surface area (TPSA) is 108 Å². The number of aromatic nitrogens is 2. The summed E-state index contributed by atoms with van der Waals surface area (Å²) in [4.78, 5) is 23.2. The SMILES string of the molecule is NC(=O)CO[C@@H]1CCOC[C@@H]1NC(=O)Cn1ncc2ccccc21. The summed E-state index contributed by atoms with van der Waals surface area (Å²) < 4.78 is 12.5. The van der Waals surface area contributed by atoms with Crippen molar-refractivity contribution in [2.75, 3.05) is 19.8 Å². The van der Waals surface area contributed by atoms with Crippen LogP contribution >= 0.6 is 0 Å².